The number of nitrogens with zero attached hydrogens (tertiary/aromatic N) is 2. The van der Waals surface area contributed by atoms with Crippen molar-refractivity contribution < 1.29 is 9.59 Å². The molecule has 1 saturated heterocycles. The van der Waals surface area contributed by atoms with E-state index in [1.54, 1.807) is 0 Å². The van der Waals surface area contributed by atoms with Gasteiger partial charge >= 0.3 is 6.03 Å². The molecule has 2 N–H and O–H groups in total. The molecule has 0 aliphatic carbocycles. The maximum absolute atomic E-state index is 13.7. The number of Topliss-reactive ketones (excluding diaryl/α,β-unsaturated/α-hetero) is 1. The maximum Gasteiger partial charge on any atom is 0.317 e. The average Bonchev–Trinajstić information content (AvgIpc) is 3.19. The minimum Gasteiger partial charge on any atom is -0.360 e. The van der Waals surface area contributed by atoms with E-state index >= 15 is 0 Å². The summed E-state index contributed by atoms with van der Waals surface area (Å²) in [7, 11) is 0. The number of aromatic nitrogens is 1. The number of fused-ring (bicyclic) bond motifs is 1. The molecule has 1 unspecified atom stereocenters. The van der Waals surface area contributed by atoms with Crippen LogP contribution in [0.2, 0.25) is 0 Å². The standard InChI is InChI=1S/C23H26N4O2/c1-2-24-23(29)27-14-12-26(13-15-27)21(17-8-4-3-5-9-17)22(28)19-16-25-20-11-7-6-10-18(19)20/h3-11,16,21,25H,2,12-15H2,1H3,(H,24,29). The van der Waals surface area contributed by atoms with E-state index in [-0.39, 0.29) is 17.9 Å². The lowest BCUT2D eigenvalue weighted by Gasteiger charge is -2.38. The Kier molecular flexibility index (Phi) is 5.62. The third kappa shape index (κ3) is 3.89. The molecule has 1 atom stereocenters. The SMILES string of the molecule is CCNC(=O)N1CCN(C(C(=O)c2c[nH]c3ccccc23)c2ccccc2)CC1. The van der Waals surface area contributed by atoms with Gasteiger partial charge < -0.3 is 15.2 Å². The largest absolute Gasteiger partial charge is 0.360 e. The Balaban J connectivity index is 1.62. The maximum atomic E-state index is 13.7. The smallest absolute Gasteiger partial charge is 0.317 e. The first kappa shape index (κ1) is 19.2. The first-order chi connectivity index (χ1) is 14.2. The quantitative estimate of drug-likeness (QED) is 0.656. The van der Waals surface area contributed by atoms with Crippen LogP contribution in [0.5, 0.6) is 0 Å². The summed E-state index contributed by atoms with van der Waals surface area (Å²) in [4.78, 5) is 33.0. The number of hydrogen-bond donors (Lipinski definition) is 2. The second-order valence-electron chi connectivity index (χ2n) is 7.28. The number of piperazine rings is 1. The van der Waals surface area contributed by atoms with Gasteiger partial charge in [-0.15, -0.1) is 0 Å². The van der Waals surface area contributed by atoms with Gasteiger partial charge in [-0.1, -0.05) is 48.5 Å². The van der Waals surface area contributed by atoms with Crippen LogP contribution in [-0.2, 0) is 0 Å². The minimum absolute atomic E-state index is 0.0358. The van der Waals surface area contributed by atoms with Gasteiger partial charge in [-0.05, 0) is 18.6 Å². The molecule has 3 aromatic rings. The molecule has 0 radical (unpaired) electrons. The second-order valence-corrected chi connectivity index (χ2v) is 7.28. The van der Waals surface area contributed by atoms with Crippen LogP contribution in [0.3, 0.4) is 0 Å². The van der Waals surface area contributed by atoms with Crippen molar-refractivity contribution >= 4 is 22.7 Å². The topological polar surface area (TPSA) is 68.4 Å². The number of carbonyl (C=O) groups excluding carboxylic acids is 2. The van der Waals surface area contributed by atoms with Crippen LogP contribution in [-0.4, -0.2) is 59.3 Å². The van der Waals surface area contributed by atoms with Crippen molar-refractivity contribution in [1.82, 2.24) is 20.1 Å². The zero-order valence-corrected chi connectivity index (χ0v) is 16.6. The highest BCUT2D eigenvalue weighted by molar-refractivity contribution is 6.10. The van der Waals surface area contributed by atoms with Crippen molar-refractivity contribution in [3.8, 4) is 0 Å². The molecule has 1 fully saturated rings. The molecule has 150 valence electrons. The number of amides is 2. The third-order valence-electron chi connectivity index (χ3n) is 5.51. The van der Waals surface area contributed by atoms with Gasteiger partial charge in [-0.25, -0.2) is 4.79 Å². The lowest BCUT2D eigenvalue weighted by atomic mass is 9.95. The van der Waals surface area contributed by atoms with E-state index < -0.39 is 0 Å². The van der Waals surface area contributed by atoms with Crippen LogP contribution in [0.1, 0.15) is 28.9 Å². The van der Waals surface area contributed by atoms with Gasteiger partial charge in [0.15, 0.2) is 5.78 Å². The molecule has 1 aliphatic rings. The van der Waals surface area contributed by atoms with Crippen LogP contribution in [0.15, 0.2) is 60.8 Å². The molecule has 4 rings (SSSR count). The van der Waals surface area contributed by atoms with E-state index in [1.807, 2.05) is 72.6 Å². The molecule has 2 amide bonds. The van der Waals surface area contributed by atoms with Crippen LogP contribution >= 0.6 is 0 Å². The van der Waals surface area contributed by atoms with Crippen molar-refractivity contribution in [3.05, 3.63) is 71.9 Å². The zero-order chi connectivity index (χ0) is 20.2. The number of urea groups is 1. The number of benzene rings is 2. The summed E-state index contributed by atoms with van der Waals surface area (Å²) in [5, 5.41) is 3.80. The average molecular weight is 390 g/mol. The zero-order valence-electron chi connectivity index (χ0n) is 16.6. The highest BCUT2D eigenvalue weighted by Gasteiger charge is 2.33. The third-order valence-corrected chi connectivity index (χ3v) is 5.51. The number of nitrogens with one attached hydrogen (secondary N) is 2. The predicted octanol–water partition coefficient (Wildman–Crippen LogP) is 3.44. The number of H-pyrrole nitrogens is 1. The molecular formula is C23H26N4O2. The first-order valence-corrected chi connectivity index (χ1v) is 10.1. The number of aromatic amines is 1. The van der Waals surface area contributed by atoms with Crippen molar-refractivity contribution in [2.45, 2.75) is 13.0 Å². The van der Waals surface area contributed by atoms with Gasteiger partial charge in [0.1, 0.15) is 0 Å². The Morgan fingerprint density at radius 1 is 1.00 bits per heavy atom. The lowest BCUT2D eigenvalue weighted by Crippen LogP contribution is -2.53. The highest BCUT2D eigenvalue weighted by atomic mass is 16.2. The van der Waals surface area contributed by atoms with Gasteiger partial charge in [0.2, 0.25) is 0 Å². The summed E-state index contributed by atoms with van der Waals surface area (Å²) in [6.45, 7) is 5.06. The van der Waals surface area contributed by atoms with Crippen molar-refractivity contribution in [3.63, 3.8) is 0 Å². The van der Waals surface area contributed by atoms with E-state index in [0.29, 0.717) is 38.3 Å². The van der Waals surface area contributed by atoms with Gasteiger partial charge in [0.05, 0.1) is 6.04 Å². The molecule has 2 heterocycles. The normalized spacial score (nSPS) is 16.0. The summed E-state index contributed by atoms with van der Waals surface area (Å²) >= 11 is 0. The lowest BCUT2D eigenvalue weighted by molar-refractivity contribution is 0.0713. The summed E-state index contributed by atoms with van der Waals surface area (Å²) in [6, 6.07) is 17.4. The molecule has 6 heteroatoms. The Hall–Kier alpha value is -3.12. The summed E-state index contributed by atoms with van der Waals surface area (Å²) < 4.78 is 0. The van der Waals surface area contributed by atoms with Crippen LogP contribution in [0.25, 0.3) is 10.9 Å². The molecule has 6 nitrogen and oxygen atoms in total. The van der Waals surface area contributed by atoms with Gasteiger partial charge in [0.25, 0.3) is 0 Å². The van der Waals surface area contributed by atoms with Crippen LogP contribution in [0, 0.1) is 0 Å². The number of carbonyl (C=O) groups is 2. The molecule has 1 aliphatic heterocycles. The fourth-order valence-corrected chi connectivity index (χ4v) is 4.03. The molecule has 0 bridgehead atoms. The Morgan fingerprint density at radius 2 is 1.69 bits per heavy atom. The molecular weight excluding hydrogens is 364 g/mol. The molecule has 0 saturated carbocycles. The molecule has 0 spiro atoms. The van der Waals surface area contributed by atoms with Crippen molar-refractivity contribution in [1.29, 1.82) is 0 Å². The van der Waals surface area contributed by atoms with Crippen molar-refractivity contribution in [2.75, 3.05) is 32.7 Å². The minimum atomic E-state index is -0.369. The van der Waals surface area contributed by atoms with Crippen molar-refractivity contribution in [2.24, 2.45) is 0 Å². The Morgan fingerprint density at radius 3 is 2.41 bits per heavy atom. The number of para-hydroxylation sites is 1. The van der Waals surface area contributed by atoms with Gasteiger partial charge in [-0.2, -0.15) is 0 Å². The predicted molar refractivity (Wildman–Crippen MR) is 114 cm³/mol. The van der Waals surface area contributed by atoms with E-state index in [9.17, 15) is 9.59 Å². The second kappa shape index (κ2) is 8.49. The summed E-state index contributed by atoms with van der Waals surface area (Å²) in [5.74, 6) is 0.0834. The van der Waals surface area contributed by atoms with Gasteiger partial charge in [-0.3, -0.25) is 9.69 Å². The number of ketones is 1. The molecule has 2 aromatic carbocycles. The van der Waals surface area contributed by atoms with E-state index in [0.717, 1.165) is 16.5 Å². The summed E-state index contributed by atoms with van der Waals surface area (Å²) in [5.41, 5.74) is 2.65. The Bertz CT molecular complexity index is 990. The highest BCUT2D eigenvalue weighted by Crippen LogP contribution is 2.29. The van der Waals surface area contributed by atoms with E-state index in [1.165, 1.54) is 0 Å². The van der Waals surface area contributed by atoms with Crippen LogP contribution < -0.4 is 5.32 Å². The van der Waals surface area contributed by atoms with E-state index in [4.69, 9.17) is 0 Å². The van der Waals surface area contributed by atoms with Crippen LogP contribution in [0.4, 0.5) is 4.79 Å². The number of hydrogen-bond acceptors (Lipinski definition) is 3. The summed E-state index contributed by atoms with van der Waals surface area (Å²) in [6.07, 6.45) is 1.81. The number of rotatable bonds is 5. The fourth-order valence-electron chi connectivity index (χ4n) is 4.03. The molecule has 1 aromatic heterocycles. The Labute approximate surface area is 170 Å². The monoisotopic (exact) mass is 390 g/mol. The van der Waals surface area contributed by atoms with E-state index in [2.05, 4.69) is 15.2 Å². The fraction of sp³-hybridized carbons (Fsp3) is 0.304. The van der Waals surface area contributed by atoms with Gasteiger partial charge in [0, 0.05) is 55.4 Å². The molecule has 29 heavy (non-hydrogen) atoms. The first-order valence-electron chi connectivity index (χ1n) is 10.1.